The molecule has 0 N–H and O–H groups in total. The minimum atomic E-state index is -3.29. The van der Waals surface area contributed by atoms with Crippen LogP contribution in [0.4, 0.5) is 4.39 Å². The zero-order chi connectivity index (χ0) is 23.0. The molecule has 0 radical (unpaired) electrons. The first-order valence-corrected chi connectivity index (χ1v) is 12.4. The van der Waals surface area contributed by atoms with Crippen LogP contribution in [0.2, 0.25) is 5.02 Å². The maximum atomic E-state index is 14.0. The molecule has 6 nitrogen and oxygen atoms in total. The molecule has 2 aromatic carbocycles. The summed E-state index contributed by atoms with van der Waals surface area (Å²) in [5.41, 5.74) is 3.35. The van der Waals surface area contributed by atoms with Gasteiger partial charge in [0.15, 0.2) is 0 Å². The number of carbonyl (C=O) groups excluding carboxylic acids is 1. The van der Waals surface area contributed by atoms with Crippen LogP contribution in [-0.2, 0) is 10.0 Å². The molecular weight excluding hydrogens is 453 g/mol. The first-order chi connectivity index (χ1) is 15.1. The fourth-order valence-corrected chi connectivity index (χ4v) is 4.95. The van der Waals surface area contributed by atoms with Gasteiger partial charge < -0.3 is 9.47 Å². The van der Waals surface area contributed by atoms with E-state index >= 15 is 0 Å². The van der Waals surface area contributed by atoms with E-state index in [1.165, 1.54) is 22.7 Å². The van der Waals surface area contributed by atoms with Crippen LogP contribution in [-0.4, -0.2) is 60.5 Å². The molecule has 0 saturated carbocycles. The van der Waals surface area contributed by atoms with Crippen LogP contribution in [0.25, 0.3) is 16.9 Å². The van der Waals surface area contributed by atoms with Crippen LogP contribution in [0.15, 0.2) is 54.6 Å². The third-order valence-corrected chi connectivity index (χ3v) is 7.23. The summed E-state index contributed by atoms with van der Waals surface area (Å²) in [6.07, 6.45) is 1.17. The summed E-state index contributed by atoms with van der Waals surface area (Å²) in [5.74, 6) is -0.552. The molecule has 0 unspecified atom stereocenters. The Bertz CT molecular complexity index is 1260. The summed E-state index contributed by atoms with van der Waals surface area (Å²) in [6.45, 7) is 2.97. The van der Waals surface area contributed by atoms with Crippen LogP contribution in [0.1, 0.15) is 16.1 Å². The monoisotopic (exact) mass is 475 g/mol. The van der Waals surface area contributed by atoms with Crippen molar-refractivity contribution in [1.29, 1.82) is 0 Å². The van der Waals surface area contributed by atoms with Gasteiger partial charge in [0, 0.05) is 42.6 Å². The van der Waals surface area contributed by atoms with Crippen molar-refractivity contribution in [3.63, 3.8) is 0 Å². The van der Waals surface area contributed by atoms with Crippen molar-refractivity contribution in [2.24, 2.45) is 0 Å². The molecule has 9 heteroatoms. The lowest BCUT2D eigenvalue weighted by atomic mass is 10.1. The molecule has 1 aromatic heterocycles. The van der Waals surface area contributed by atoms with Gasteiger partial charge in [0.05, 0.1) is 17.5 Å². The number of halogens is 2. The summed E-state index contributed by atoms with van der Waals surface area (Å²) in [5, 5.41) is 0.592. The average molecular weight is 476 g/mol. The second-order valence-electron chi connectivity index (χ2n) is 7.81. The third-order valence-electron chi connectivity index (χ3n) is 5.68. The summed E-state index contributed by atoms with van der Waals surface area (Å²) >= 11 is 6.05. The first-order valence-electron chi connectivity index (χ1n) is 10.1. The van der Waals surface area contributed by atoms with Crippen molar-refractivity contribution in [1.82, 2.24) is 13.8 Å². The Kier molecular flexibility index (Phi) is 6.11. The van der Waals surface area contributed by atoms with Crippen molar-refractivity contribution in [3.05, 3.63) is 76.7 Å². The van der Waals surface area contributed by atoms with Crippen molar-refractivity contribution in [2.75, 3.05) is 32.4 Å². The van der Waals surface area contributed by atoms with Gasteiger partial charge >= 0.3 is 0 Å². The number of rotatable bonds is 4. The zero-order valence-electron chi connectivity index (χ0n) is 17.8. The maximum Gasteiger partial charge on any atom is 0.255 e. The van der Waals surface area contributed by atoms with Crippen molar-refractivity contribution in [2.45, 2.75) is 6.92 Å². The molecule has 0 atom stereocenters. The molecule has 3 aromatic rings. The van der Waals surface area contributed by atoms with E-state index in [4.69, 9.17) is 11.6 Å². The van der Waals surface area contributed by atoms with Gasteiger partial charge in [-0.1, -0.05) is 29.8 Å². The number of carbonyl (C=O) groups is 1. The molecule has 1 aliphatic rings. The van der Waals surface area contributed by atoms with E-state index in [9.17, 15) is 17.6 Å². The van der Waals surface area contributed by atoms with E-state index in [1.54, 1.807) is 35.2 Å². The second kappa shape index (κ2) is 8.69. The Labute approximate surface area is 191 Å². The lowest BCUT2D eigenvalue weighted by molar-refractivity contribution is 0.0697. The van der Waals surface area contributed by atoms with Gasteiger partial charge in [0.1, 0.15) is 5.82 Å². The molecule has 1 aliphatic heterocycles. The van der Waals surface area contributed by atoms with E-state index in [-0.39, 0.29) is 24.8 Å². The van der Waals surface area contributed by atoms with Crippen LogP contribution in [0.3, 0.4) is 0 Å². The highest BCUT2D eigenvalue weighted by Gasteiger charge is 2.29. The van der Waals surface area contributed by atoms with Gasteiger partial charge in [-0.25, -0.2) is 12.8 Å². The Morgan fingerprint density at radius 2 is 1.66 bits per heavy atom. The molecule has 32 heavy (non-hydrogen) atoms. The van der Waals surface area contributed by atoms with Crippen LogP contribution in [0.5, 0.6) is 0 Å². The highest BCUT2D eigenvalue weighted by Crippen LogP contribution is 2.31. The number of sulfonamides is 1. The standard InChI is InChI=1S/C23H23ClFN3O3S/c1-16-21(23(29)26-10-12-27(13-11-26)32(2,30)31)15-22(17-6-8-18(24)9-7-17)28(16)20-5-3-4-19(25)14-20/h3-9,14-15H,10-13H2,1-2H3. The Morgan fingerprint density at radius 3 is 2.25 bits per heavy atom. The number of piperazine rings is 1. The molecular formula is C23H23ClFN3O3S. The average Bonchev–Trinajstić information content (AvgIpc) is 3.10. The van der Waals surface area contributed by atoms with E-state index < -0.39 is 10.0 Å². The van der Waals surface area contributed by atoms with Gasteiger partial charge in [-0.3, -0.25) is 4.79 Å². The fourth-order valence-electron chi connectivity index (χ4n) is 4.00. The van der Waals surface area contributed by atoms with Gasteiger partial charge in [0.2, 0.25) is 10.0 Å². The van der Waals surface area contributed by atoms with E-state index in [0.29, 0.717) is 35.1 Å². The highest BCUT2D eigenvalue weighted by atomic mass is 35.5. The molecule has 1 saturated heterocycles. The van der Waals surface area contributed by atoms with E-state index in [0.717, 1.165) is 11.3 Å². The van der Waals surface area contributed by atoms with Crippen molar-refractivity contribution in [3.8, 4) is 16.9 Å². The summed E-state index contributed by atoms with van der Waals surface area (Å²) in [7, 11) is -3.29. The van der Waals surface area contributed by atoms with Crippen LogP contribution in [0, 0.1) is 12.7 Å². The molecule has 168 valence electrons. The Balaban J connectivity index is 1.74. The Morgan fingerprint density at radius 1 is 1.00 bits per heavy atom. The van der Waals surface area contributed by atoms with E-state index in [2.05, 4.69) is 0 Å². The molecule has 2 heterocycles. The van der Waals surface area contributed by atoms with E-state index in [1.807, 2.05) is 23.6 Å². The quantitative estimate of drug-likeness (QED) is 0.573. The topological polar surface area (TPSA) is 62.6 Å². The first kappa shape index (κ1) is 22.5. The number of hydrogen-bond acceptors (Lipinski definition) is 3. The lowest BCUT2D eigenvalue weighted by Crippen LogP contribution is -2.50. The van der Waals surface area contributed by atoms with Gasteiger partial charge in [-0.2, -0.15) is 4.31 Å². The summed E-state index contributed by atoms with van der Waals surface area (Å²) in [6, 6.07) is 15.2. The summed E-state index contributed by atoms with van der Waals surface area (Å²) in [4.78, 5) is 15.0. The second-order valence-corrected chi connectivity index (χ2v) is 10.2. The van der Waals surface area contributed by atoms with Crippen molar-refractivity contribution < 1.29 is 17.6 Å². The molecule has 1 amide bonds. The van der Waals surface area contributed by atoms with Crippen molar-refractivity contribution >= 4 is 27.5 Å². The normalized spacial score (nSPS) is 15.2. The minimum absolute atomic E-state index is 0.180. The predicted molar refractivity (Wildman–Crippen MR) is 123 cm³/mol. The number of amides is 1. The molecule has 0 bridgehead atoms. The largest absolute Gasteiger partial charge is 0.336 e. The smallest absolute Gasteiger partial charge is 0.255 e. The van der Waals surface area contributed by atoms with Gasteiger partial charge in [-0.05, 0) is 48.9 Å². The minimum Gasteiger partial charge on any atom is -0.336 e. The van der Waals surface area contributed by atoms with Crippen LogP contribution >= 0.6 is 11.6 Å². The molecule has 4 rings (SSSR count). The molecule has 1 fully saturated rings. The maximum absolute atomic E-state index is 14.0. The molecule has 0 aliphatic carbocycles. The highest BCUT2D eigenvalue weighted by molar-refractivity contribution is 7.88. The number of benzene rings is 2. The van der Waals surface area contributed by atoms with Gasteiger partial charge in [0.25, 0.3) is 5.91 Å². The number of nitrogens with zero attached hydrogens (tertiary/aromatic N) is 3. The SMILES string of the molecule is Cc1c(C(=O)N2CCN(S(C)(=O)=O)CC2)cc(-c2ccc(Cl)cc2)n1-c1cccc(F)c1. The van der Waals surface area contributed by atoms with Crippen LogP contribution < -0.4 is 0 Å². The number of aromatic nitrogens is 1. The Hall–Kier alpha value is -2.68. The van der Waals surface area contributed by atoms with Gasteiger partial charge in [-0.15, -0.1) is 0 Å². The summed E-state index contributed by atoms with van der Waals surface area (Å²) < 4.78 is 40.8. The lowest BCUT2D eigenvalue weighted by Gasteiger charge is -2.33. The zero-order valence-corrected chi connectivity index (χ0v) is 19.3. The third kappa shape index (κ3) is 4.44. The number of hydrogen-bond donors (Lipinski definition) is 0. The predicted octanol–water partition coefficient (Wildman–Crippen LogP) is 3.96. The molecule has 0 spiro atoms. The fraction of sp³-hybridized carbons (Fsp3) is 0.261.